The van der Waals surface area contributed by atoms with Crippen LogP contribution in [-0.4, -0.2) is 22.2 Å². The van der Waals surface area contributed by atoms with Crippen molar-refractivity contribution in [3.63, 3.8) is 0 Å². The predicted molar refractivity (Wildman–Crippen MR) is 64.5 cm³/mol. The fraction of sp³-hybridized carbons (Fsp3) is 0. The van der Waals surface area contributed by atoms with Gasteiger partial charge in [-0.3, -0.25) is 0 Å². The van der Waals surface area contributed by atoms with Gasteiger partial charge in [0.05, 0.1) is 0 Å². The minimum atomic E-state index is -1.69. The van der Waals surface area contributed by atoms with Gasteiger partial charge in [0.15, 0.2) is 0 Å². The highest BCUT2D eigenvalue weighted by Gasteiger charge is 2.19. The smallest absolute Gasteiger partial charge is 0.423 e. The van der Waals surface area contributed by atoms with E-state index in [1.54, 1.807) is 6.07 Å². The highest BCUT2D eigenvalue weighted by molar-refractivity contribution is 6.60. The van der Waals surface area contributed by atoms with Crippen molar-refractivity contribution in [3.05, 3.63) is 47.5 Å². The Kier molecular flexibility index (Phi) is 3.42. The van der Waals surface area contributed by atoms with Gasteiger partial charge in [-0.25, -0.2) is 4.98 Å². The lowest BCUT2D eigenvalue weighted by Crippen LogP contribution is -2.31. The normalized spacial score (nSPS) is 10.4. The molecule has 2 N–H and O–H groups in total. The second-order valence-corrected chi connectivity index (χ2v) is 3.88. The van der Waals surface area contributed by atoms with Crippen molar-refractivity contribution in [3.8, 4) is 11.1 Å². The Labute approximate surface area is 103 Å². The van der Waals surface area contributed by atoms with Crippen LogP contribution in [-0.2, 0) is 0 Å². The fourth-order valence-corrected chi connectivity index (χ4v) is 1.75. The summed E-state index contributed by atoms with van der Waals surface area (Å²) in [7, 11) is -1.69. The van der Waals surface area contributed by atoms with Crippen LogP contribution in [0.15, 0.2) is 36.5 Å². The van der Waals surface area contributed by atoms with Crippen LogP contribution >= 0.6 is 11.6 Å². The molecular weight excluding hydrogens is 243 g/mol. The maximum absolute atomic E-state index is 13.5. The van der Waals surface area contributed by atoms with E-state index in [4.69, 9.17) is 11.6 Å². The Hall–Kier alpha value is -1.43. The number of hydrogen-bond donors (Lipinski definition) is 2. The number of benzene rings is 1. The summed E-state index contributed by atoms with van der Waals surface area (Å²) in [6, 6.07) is 7.48. The topological polar surface area (TPSA) is 53.4 Å². The Balaban J connectivity index is 2.65. The molecule has 86 valence electrons. The number of hydrogen-bond acceptors (Lipinski definition) is 3. The van der Waals surface area contributed by atoms with E-state index in [0.29, 0.717) is 10.6 Å². The molecule has 0 amide bonds. The predicted octanol–water partition coefficient (Wildman–Crippen LogP) is 1.22. The van der Waals surface area contributed by atoms with Crippen molar-refractivity contribution in [2.24, 2.45) is 0 Å². The Morgan fingerprint density at radius 3 is 2.59 bits per heavy atom. The van der Waals surface area contributed by atoms with Crippen molar-refractivity contribution < 1.29 is 14.4 Å². The van der Waals surface area contributed by atoms with Crippen molar-refractivity contribution in [1.29, 1.82) is 0 Å². The number of pyridine rings is 1. The van der Waals surface area contributed by atoms with E-state index < -0.39 is 13.1 Å². The first-order chi connectivity index (χ1) is 8.09. The first-order valence-corrected chi connectivity index (χ1v) is 5.24. The first-order valence-electron chi connectivity index (χ1n) is 4.86. The van der Waals surface area contributed by atoms with E-state index in [-0.39, 0.29) is 11.0 Å². The van der Waals surface area contributed by atoms with Crippen LogP contribution in [0, 0.1) is 5.95 Å². The summed E-state index contributed by atoms with van der Waals surface area (Å²) >= 11 is 5.82. The van der Waals surface area contributed by atoms with Crippen LogP contribution in [0.4, 0.5) is 4.39 Å². The average molecular weight is 251 g/mol. The lowest BCUT2D eigenvalue weighted by Gasteiger charge is -2.09. The average Bonchev–Trinajstić information content (AvgIpc) is 2.29. The summed E-state index contributed by atoms with van der Waals surface area (Å²) in [6.45, 7) is 0. The number of halogens is 2. The van der Waals surface area contributed by atoms with E-state index >= 15 is 0 Å². The zero-order valence-electron chi connectivity index (χ0n) is 8.64. The molecule has 0 spiro atoms. The molecule has 0 bridgehead atoms. The molecule has 0 aliphatic carbocycles. The molecule has 0 saturated heterocycles. The molecule has 0 saturated carbocycles. The Morgan fingerprint density at radius 2 is 1.94 bits per heavy atom. The third-order valence-corrected chi connectivity index (χ3v) is 2.58. The minimum absolute atomic E-state index is 0.179. The van der Waals surface area contributed by atoms with Gasteiger partial charge in [-0.2, -0.15) is 4.39 Å². The maximum atomic E-state index is 13.5. The van der Waals surface area contributed by atoms with Gasteiger partial charge in [0, 0.05) is 16.8 Å². The Morgan fingerprint density at radius 1 is 1.18 bits per heavy atom. The largest absolute Gasteiger partial charge is 0.489 e. The SMILES string of the molecule is OB(O)c1ccc(Cl)cc1-c1cccnc1F. The van der Waals surface area contributed by atoms with Crippen molar-refractivity contribution in [2.75, 3.05) is 0 Å². The molecule has 17 heavy (non-hydrogen) atoms. The lowest BCUT2D eigenvalue weighted by atomic mass is 9.75. The monoisotopic (exact) mass is 251 g/mol. The van der Waals surface area contributed by atoms with Gasteiger partial charge >= 0.3 is 7.12 Å². The van der Waals surface area contributed by atoms with Crippen molar-refractivity contribution in [2.45, 2.75) is 0 Å². The zero-order valence-corrected chi connectivity index (χ0v) is 9.39. The third kappa shape index (κ3) is 2.47. The summed E-state index contributed by atoms with van der Waals surface area (Å²) in [6.07, 6.45) is 1.32. The Bertz CT molecular complexity index is 551. The zero-order chi connectivity index (χ0) is 12.4. The molecule has 0 unspecified atom stereocenters. The van der Waals surface area contributed by atoms with Crippen LogP contribution in [0.2, 0.25) is 5.02 Å². The standard InChI is InChI=1S/C11H8BClFNO2/c13-7-3-4-10(12(16)17)9(6-7)8-2-1-5-15-11(8)14/h1-6,16-17H. The fourth-order valence-electron chi connectivity index (χ4n) is 1.57. The number of nitrogens with zero attached hydrogens (tertiary/aromatic N) is 1. The lowest BCUT2D eigenvalue weighted by molar-refractivity contribution is 0.426. The van der Waals surface area contributed by atoms with Crippen LogP contribution in [0.3, 0.4) is 0 Å². The van der Waals surface area contributed by atoms with Gasteiger partial charge in [-0.05, 0) is 35.3 Å². The summed E-state index contributed by atoms with van der Waals surface area (Å²) in [5.41, 5.74) is 0.678. The van der Waals surface area contributed by atoms with Crippen molar-refractivity contribution in [1.82, 2.24) is 4.98 Å². The molecule has 0 aliphatic rings. The van der Waals surface area contributed by atoms with E-state index in [1.807, 2.05) is 0 Å². The summed E-state index contributed by atoms with van der Waals surface area (Å²) in [4.78, 5) is 3.51. The maximum Gasteiger partial charge on any atom is 0.489 e. The number of aromatic nitrogens is 1. The second kappa shape index (κ2) is 4.83. The van der Waals surface area contributed by atoms with Gasteiger partial charge in [-0.1, -0.05) is 17.7 Å². The van der Waals surface area contributed by atoms with E-state index in [2.05, 4.69) is 4.98 Å². The van der Waals surface area contributed by atoms with Crippen LogP contribution in [0.5, 0.6) is 0 Å². The van der Waals surface area contributed by atoms with Crippen LogP contribution in [0.1, 0.15) is 0 Å². The molecule has 6 heteroatoms. The molecule has 1 aromatic carbocycles. The quantitative estimate of drug-likeness (QED) is 0.623. The van der Waals surface area contributed by atoms with E-state index in [1.165, 1.54) is 30.5 Å². The summed E-state index contributed by atoms with van der Waals surface area (Å²) in [5.74, 6) is -0.684. The molecule has 3 nitrogen and oxygen atoms in total. The molecule has 0 aliphatic heterocycles. The summed E-state index contributed by atoms with van der Waals surface area (Å²) < 4.78 is 13.5. The van der Waals surface area contributed by atoms with Gasteiger partial charge in [0.1, 0.15) is 0 Å². The molecule has 0 atom stereocenters. The third-order valence-electron chi connectivity index (χ3n) is 2.34. The minimum Gasteiger partial charge on any atom is -0.423 e. The highest BCUT2D eigenvalue weighted by Crippen LogP contribution is 2.22. The summed E-state index contributed by atoms with van der Waals surface area (Å²) in [5, 5.41) is 18.8. The van der Waals surface area contributed by atoms with Gasteiger partial charge < -0.3 is 10.0 Å². The molecular formula is C11H8BClFNO2. The second-order valence-electron chi connectivity index (χ2n) is 3.45. The van der Waals surface area contributed by atoms with Gasteiger partial charge in [-0.15, -0.1) is 0 Å². The van der Waals surface area contributed by atoms with Gasteiger partial charge in [0.25, 0.3) is 0 Å². The van der Waals surface area contributed by atoms with E-state index in [9.17, 15) is 14.4 Å². The van der Waals surface area contributed by atoms with Gasteiger partial charge in [0.2, 0.25) is 5.95 Å². The number of rotatable bonds is 2. The molecule has 0 radical (unpaired) electrons. The first kappa shape index (κ1) is 12.0. The highest BCUT2D eigenvalue weighted by atomic mass is 35.5. The molecule has 1 heterocycles. The molecule has 2 aromatic rings. The molecule has 0 fully saturated rings. The van der Waals surface area contributed by atoms with Crippen LogP contribution < -0.4 is 5.46 Å². The molecule has 2 rings (SSSR count). The molecule has 1 aromatic heterocycles. The van der Waals surface area contributed by atoms with Crippen LogP contribution in [0.25, 0.3) is 11.1 Å². The van der Waals surface area contributed by atoms with E-state index in [0.717, 1.165) is 0 Å². The van der Waals surface area contributed by atoms with Crippen molar-refractivity contribution >= 4 is 24.2 Å².